The van der Waals surface area contributed by atoms with Crippen LogP contribution in [-0.4, -0.2) is 67.2 Å². The lowest BCUT2D eigenvalue weighted by Gasteiger charge is -2.23. The van der Waals surface area contributed by atoms with E-state index < -0.39 is 0 Å². The Labute approximate surface area is 158 Å². The Morgan fingerprint density at radius 3 is 2.72 bits per heavy atom. The molecule has 2 aliphatic heterocycles. The normalized spacial score (nSPS) is 23.0. The number of nitrogens with zero attached hydrogens (tertiary/aromatic N) is 2. The van der Waals surface area contributed by atoms with Crippen LogP contribution in [0.4, 0.5) is 5.69 Å². The smallest absolute Gasteiger partial charge is 0.241 e. The molecule has 2 atom stereocenters. The summed E-state index contributed by atoms with van der Waals surface area (Å²) < 4.78 is 7.04. The van der Waals surface area contributed by atoms with Crippen molar-refractivity contribution >= 4 is 27.5 Å². The van der Waals surface area contributed by atoms with Gasteiger partial charge < -0.3 is 15.0 Å². The van der Waals surface area contributed by atoms with E-state index in [-0.39, 0.29) is 18.1 Å². The number of rotatable bonds is 7. The topological polar surface area (TPSA) is 44.8 Å². The highest BCUT2D eigenvalue weighted by atomic mass is 79.9. The fourth-order valence-electron chi connectivity index (χ4n) is 3.54. The zero-order chi connectivity index (χ0) is 17.6. The van der Waals surface area contributed by atoms with Gasteiger partial charge in [0.15, 0.2) is 0 Å². The zero-order valence-electron chi connectivity index (χ0n) is 14.9. The molecular weight excluding hydrogens is 382 g/mol. The van der Waals surface area contributed by atoms with Crippen LogP contribution in [0.25, 0.3) is 0 Å². The highest BCUT2D eigenvalue weighted by Crippen LogP contribution is 2.18. The van der Waals surface area contributed by atoms with Crippen LogP contribution in [0.2, 0.25) is 0 Å². The van der Waals surface area contributed by atoms with Gasteiger partial charge in [0.2, 0.25) is 5.91 Å². The minimum Gasteiger partial charge on any atom is -0.376 e. The lowest BCUT2D eigenvalue weighted by atomic mass is 10.2. The number of hydrogen-bond acceptors (Lipinski definition) is 4. The number of ether oxygens (including phenoxy) is 1. The standard InChI is InChI=1S/C19H28BrN3O2/c1-15(19(24)21-17-6-4-16(20)5-7-17)23-11-8-18(14-23)25-13-12-22-9-2-3-10-22/h4-7,15,18H,2-3,8-14H2,1H3,(H,21,24)/t15-,18+/m1/s1. The molecule has 0 spiro atoms. The summed E-state index contributed by atoms with van der Waals surface area (Å²) in [5.41, 5.74) is 0.831. The average Bonchev–Trinajstić information content (AvgIpc) is 3.28. The van der Waals surface area contributed by atoms with Crippen LogP contribution < -0.4 is 5.32 Å². The van der Waals surface area contributed by atoms with Gasteiger partial charge in [-0.2, -0.15) is 0 Å². The Kier molecular flexibility index (Phi) is 6.87. The van der Waals surface area contributed by atoms with Crippen LogP contribution in [0, 0.1) is 0 Å². The molecule has 2 heterocycles. The summed E-state index contributed by atoms with van der Waals surface area (Å²) >= 11 is 3.41. The maximum Gasteiger partial charge on any atom is 0.241 e. The molecule has 2 aliphatic rings. The van der Waals surface area contributed by atoms with Gasteiger partial charge >= 0.3 is 0 Å². The summed E-state index contributed by atoms with van der Waals surface area (Å²) in [6.07, 6.45) is 3.91. The van der Waals surface area contributed by atoms with Gasteiger partial charge in [0, 0.05) is 29.8 Å². The molecular formula is C19H28BrN3O2. The van der Waals surface area contributed by atoms with Gasteiger partial charge in [-0.25, -0.2) is 0 Å². The molecule has 6 heteroatoms. The van der Waals surface area contributed by atoms with Crippen molar-refractivity contribution in [3.8, 4) is 0 Å². The lowest BCUT2D eigenvalue weighted by Crippen LogP contribution is -2.41. The van der Waals surface area contributed by atoms with Crippen molar-refractivity contribution in [3.63, 3.8) is 0 Å². The molecule has 0 aromatic heterocycles. The molecule has 0 radical (unpaired) electrons. The monoisotopic (exact) mass is 409 g/mol. The van der Waals surface area contributed by atoms with E-state index in [1.807, 2.05) is 31.2 Å². The van der Waals surface area contributed by atoms with Crippen LogP contribution >= 0.6 is 15.9 Å². The van der Waals surface area contributed by atoms with Crippen molar-refractivity contribution < 1.29 is 9.53 Å². The molecule has 25 heavy (non-hydrogen) atoms. The van der Waals surface area contributed by atoms with Crippen molar-refractivity contribution in [2.45, 2.75) is 38.3 Å². The summed E-state index contributed by atoms with van der Waals surface area (Å²) in [7, 11) is 0. The average molecular weight is 410 g/mol. The number of halogens is 1. The first-order valence-corrected chi connectivity index (χ1v) is 10.1. The fourth-order valence-corrected chi connectivity index (χ4v) is 3.81. The molecule has 1 amide bonds. The predicted octanol–water partition coefficient (Wildman–Crippen LogP) is 2.96. The summed E-state index contributed by atoms with van der Waals surface area (Å²) in [5.74, 6) is 0.0417. The first-order chi connectivity index (χ1) is 12.1. The zero-order valence-corrected chi connectivity index (χ0v) is 16.5. The molecule has 3 rings (SSSR count). The van der Waals surface area contributed by atoms with Gasteiger partial charge in [0.1, 0.15) is 0 Å². The van der Waals surface area contributed by atoms with E-state index in [9.17, 15) is 4.79 Å². The molecule has 138 valence electrons. The van der Waals surface area contributed by atoms with Gasteiger partial charge in [-0.15, -0.1) is 0 Å². The number of benzene rings is 1. The van der Waals surface area contributed by atoms with Gasteiger partial charge in [-0.05, 0) is 63.5 Å². The second-order valence-corrected chi connectivity index (χ2v) is 7.91. The van der Waals surface area contributed by atoms with Crippen molar-refractivity contribution in [1.29, 1.82) is 0 Å². The molecule has 1 N–H and O–H groups in total. The number of hydrogen-bond donors (Lipinski definition) is 1. The van der Waals surface area contributed by atoms with Crippen molar-refractivity contribution in [1.82, 2.24) is 9.80 Å². The summed E-state index contributed by atoms with van der Waals surface area (Å²) in [6, 6.07) is 7.53. The molecule has 1 aromatic rings. The van der Waals surface area contributed by atoms with Crippen LogP contribution in [0.15, 0.2) is 28.7 Å². The number of amides is 1. The lowest BCUT2D eigenvalue weighted by molar-refractivity contribution is -0.120. The van der Waals surface area contributed by atoms with E-state index in [4.69, 9.17) is 4.74 Å². The fraction of sp³-hybridized carbons (Fsp3) is 0.632. The number of carbonyl (C=O) groups is 1. The molecule has 1 aromatic carbocycles. The summed E-state index contributed by atoms with van der Waals surface area (Å²) in [6.45, 7) is 8.01. The van der Waals surface area contributed by atoms with Crippen LogP contribution in [0.3, 0.4) is 0 Å². The Hall–Kier alpha value is -0.950. The molecule has 0 bridgehead atoms. The highest BCUT2D eigenvalue weighted by Gasteiger charge is 2.30. The summed E-state index contributed by atoms with van der Waals surface area (Å²) in [5, 5.41) is 2.99. The SMILES string of the molecule is C[C@H](C(=O)Nc1ccc(Br)cc1)N1CC[C@H](OCCN2CCCC2)C1. The van der Waals surface area contributed by atoms with Crippen molar-refractivity contribution in [2.24, 2.45) is 0 Å². The number of nitrogens with one attached hydrogen (secondary N) is 1. The largest absolute Gasteiger partial charge is 0.376 e. The van der Waals surface area contributed by atoms with Crippen LogP contribution in [0.1, 0.15) is 26.2 Å². The van der Waals surface area contributed by atoms with E-state index in [0.717, 1.165) is 42.8 Å². The first kappa shape index (κ1) is 18.8. The third-order valence-corrected chi connectivity index (χ3v) is 5.70. The molecule has 0 aliphatic carbocycles. The van der Waals surface area contributed by atoms with E-state index in [0.29, 0.717) is 0 Å². The number of carbonyl (C=O) groups excluding carboxylic acids is 1. The van der Waals surface area contributed by atoms with Gasteiger partial charge in [0.05, 0.1) is 18.8 Å². The molecule has 2 saturated heterocycles. The Morgan fingerprint density at radius 2 is 2.00 bits per heavy atom. The Morgan fingerprint density at radius 1 is 1.28 bits per heavy atom. The second-order valence-electron chi connectivity index (χ2n) is 7.00. The molecule has 2 fully saturated rings. The third-order valence-electron chi connectivity index (χ3n) is 5.18. The van der Waals surface area contributed by atoms with E-state index in [1.165, 1.54) is 25.9 Å². The Bertz CT molecular complexity index is 560. The van der Waals surface area contributed by atoms with E-state index >= 15 is 0 Å². The quantitative estimate of drug-likeness (QED) is 0.751. The number of anilines is 1. The Balaban J connectivity index is 1.39. The highest BCUT2D eigenvalue weighted by molar-refractivity contribution is 9.10. The van der Waals surface area contributed by atoms with Crippen molar-refractivity contribution in [3.05, 3.63) is 28.7 Å². The molecule has 5 nitrogen and oxygen atoms in total. The van der Waals surface area contributed by atoms with Gasteiger partial charge in [-0.1, -0.05) is 15.9 Å². The van der Waals surface area contributed by atoms with Gasteiger partial charge in [0.25, 0.3) is 0 Å². The van der Waals surface area contributed by atoms with Crippen molar-refractivity contribution in [2.75, 3.05) is 44.6 Å². The predicted molar refractivity (Wildman–Crippen MR) is 104 cm³/mol. The summed E-state index contributed by atoms with van der Waals surface area (Å²) in [4.78, 5) is 17.2. The maximum atomic E-state index is 12.5. The van der Waals surface area contributed by atoms with Gasteiger partial charge in [-0.3, -0.25) is 9.69 Å². The number of likely N-dealkylation sites (tertiary alicyclic amines) is 2. The first-order valence-electron chi connectivity index (χ1n) is 9.26. The van der Waals surface area contributed by atoms with Crippen LogP contribution in [0.5, 0.6) is 0 Å². The third kappa shape index (κ3) is 5.51. The second kappa shape index (κ2) is 9.12. The molecule has 0 unspecified atom stereocenters. The van der Waals surface area contributed by atoms with Crippen LogP contribution in [-0.2, 0) is 9.53 Å². The van der Waals surface area contributed by atoms with E-state index in [2.05, 4.69) is 31.0 Å². The minimum absolute atomic E-state index is 0.0417. The maximum absolute atomic E-state index is 12.5. The van der Waals surface area contributed by atoms with E-state index in [1.54, 1.807) is 0 Å². The molecule has 0 saturated carbocycles. The minimum atomic E-state index is -0.143.